The minimum atomic E-state index is 0.333. The number of hydrogen-bond donors (Lipinski definition) is 3. The third kappa shape index (κ3) is 1.50. The average Bonchev–Trinajstić information content (AvgIpc) is 2.69. The SMILES string of the molecule is NNc1cc(N)nc(-c2ccco2)n1. The number of furan rings is 1. The molecule has 0 aliphatic rings. The Hall–Kier alpha value is -2.08. The van der Waals surface area contributed by atoms with E-state index < -0.39 is 0 Å². The molecule has 72 valence electrons. The largest absolute Gasteiger partial charge is 0.461 e. The Bertz CT molecular complexity index is 425. The molecule has 2 aromatic heterocycles. The molecule has 0 spiro atoms. The van der Waals surface area contributed by atoms with Crippen LogP contribution in [0.1, 0.15) is 0 Å². The van der Waals surface area contributed by atoms with Gasteiger partial charge in [-0.1, -0.05) is 0 Å². The van der Waals surface area contributed by atoms with Crippen LogP contribution < -0.4 is 17.0 Å². The molecule has 0 aliphatic heterocycles. The third-order valence-corrected chi connectivity index (χ3v) is 1.64. The van der Waals surface area contributed by atoms with Crippen molar-refractivity contribution in [2.75, 3.05) is 11.2 Å². The van der Waals surface area contributed by atoms with E-state index in [9.17, 15) is 0 Å². The Morgan fingerprint density at radius 1 is 1.36 bits per heavy atom. The number of aromatic nitrogens is 2. The number of hydrazine groups is 1. The number of nitrogens with two attached hydrogens (primary N) is 2. The number of nitrogen functional groups attached to an aromatic ring is 2. The second-order valence-electron chi connectivity index (χ2n) is 2.62. The second-order valence-corrected chi connectivity index (χ2v) is 2.62. The van der Waals surface area contributed by atoms with Crippen LogP contribution in [0.5, 0.6) is 0 Å². The van der Waals surface area contributed by atoms with Crippen LogP contribution in [0.25, 0.3) is 11.6 Å². The molecule has 0 aliphatic carbocycles. The van der Waals surface area contributed by atoms with E-state index in [-0.39, 0.29) is 0 Å². The van der Waals surface area contributed by atoms with Crippen LogP contribution in [-0.4, -0.2) is 9.97 Å². The zero-order valence-corrected chi connectivity index (χ0v) is 7.27. The minimum absolute atomic E-state index is 0.333. The van der Waals surface area contributed by atoms with Gasteiger partial charge in [0.25, 0.3) is 0 Å². The third-order valence-electron chi connectivity index (χ3n) is 1.64. The van der Waals surface area contributed by atoms with E-state index in [1.54, 1.807) is 12.1 Å². The summed E-state index contributed by atoms with van der Waals surface area (Å²) in [4.78, 5) is 8.08. The Labute approximate surface area is 79.9 Å². The summed E-state index contributed by atoms with van der Waals surface area (Å²) in [6.07, 6.45) is 1.54. The van der Waals surface area contributed by atoms with Gasteiger partial charge in [0.15, 0.2) is 11.6 Å². The standard InChI is InChI=1S/C8H9N5O/c9-6-4-7(13-10)12-8(11-6)5-2-1-3-14-5/h1-4H,10H2,(H3,9,11,12,13). The lowest BCUT2D eigenvalue weighted by molar-refractivity contribution is 0.577. The van der Waals surface area contributed by atoms with E-state index in [0.29, 0.717) is 23.2 Å². The predicted octanol–water partition coefficient (Wildman–Crippen LogP) is 0.604. The first kappa shape index (κ1) is 8.52. The first-order valence-electron chi connectivity index (χ1n) is 3.94. The molecular formula is C8H9N5O. The van der Waals surface area contributed by atoms with Crippen molar-refractivity contribution in [1.82, 2.24) is 9.97 Å². The smallest absolute Gasteiger partial charge is 0.199 e. The predicted molar refractivity (Wildman–Crippen MR) is 52.0 cm³/mol. The van der Waals surface area contributed by atoms with Crippen molar-refractivity contribution in [2.24, 2.45) is 5.84 Å². The highest BCUT2D eigenvalue weighted by molar-refractivity contribution is 5.55. The summed E-state index contributed by atoms with van der Waals surface area (Å²) in [5, 5.41) is 0. The number of hydrogen-bond acceptors (Lipinski definition) is 6. The van der Waals surface area contributed by atoms with E-state index in [0.717, 1.165) is 0 Å². The van der Waals surface area contributed by atoms with Crippen molar-refractivity contribution in [3.63, 3.8) is 0 Å². The molecule has 0 aromatic carbocycles. The Morgan fingerprint density at radius 3 is 2.86 bits per heavy atom. The molecule has 5 N–H and O–H groups in total. The molecule has 2 rings (SSSR count). The molecule has 0 amide bonds. The fourth-order valence-corrected chi connectivity index (χ4v) is 1.06. The van der Waals surface area contributed by atoms with Crippen LogP contribution in [0.15, 0.2) is 28.9 Å². The summed E-state index contributed by atoms with van der Waals surface area (Å²) in [6.45, 7) is 0. The Morgan fingerprint density at radius 2 is 2.21 bits per heavy atom. The van der Waals surface area contributed by atoms with Crippen molar-refractivity contribution in [1.29, 1.82) is 0 Å². The number of anilines is 2. The number of nitrogens with one attached hydrogen (secondary N) is 1. The topological polar surface area (TPSA) is 103 Å². The number of nitrogens with zero attached hydrogens (tertiary/aromatic N) is 2. The maximum atomic E-state index is 5.55. The van der Waals surface area contributed by atoms with Crippen molar-refractivity contribution < 1.29 is 4.42 Å². The van der Waals surface area contributed by atoms with Crippen molar-refractivity contribution in [3.8, 4) is 11.6 Å². The molecule has 6 heteroatoms. The maximum absolute atomic E-state index is 5.55. The van der Waals surface area contributed by atoms with Gasteiger partial charge in [-0.25, -0.2) is 15.8 Å². The molecule has 14 heavy (non-hydrogen) atoms. The summed E-state index contributed by atoms with van der Waals surface area (Å²) in [5.41, 5.74) is 7.95. The highest BCUT2D eigenvalue weighted by Gasteiger charge is 2.06. The first-order chi connectivity index (χ1) is 6.79. The van der Waals surface area contributed by atoms with E-state index in [1.807, 2.05) is 0 Å². The summed E-state index contributed by atoms with van der Waals surface area (Å²) in [6, 6.07) is 5.03. The Kier molecular flexibility index (Phi) is 2.04. The quantitative estimate of drug-likeness (QED) is 0.474. The van der Waals surface area contributed by atoms with E-state index >= 15 is 0 Å². The van der Waals surface area contributed by atoms with Gasteiger partial charge in [-0.05, 0) is 12.1 Å². The van der Waals surface area contributed by atoms with Gasteiger partial charge in [0.2, 0.25) is 0 Å². The van der Waals surface area contributed by atoms with E-state index in [4.69, 9.17) is 16.0 Å². The lowest BCUT2D eigenvalue weighted by Gasteiger charge is -2.02. The highest BCUT2D eigenvalue weighted by atomic mass is 16.3. The molecular weight excluding hydrogens is 182 g/mol. The van der Waals surface area contributed by atoms with Gasteiger partial charge in [0.05, 0.1) is 6.26 Å². The zero-order chi connectivity index (χ0) is 9.97. The minimum Gasteiger partial charge on any atom is -0.461 e. The van der Waals surface area contributed by atoms with Gasteiger partial charge in [-0.15, -0.1) is 0 Å². The zero-order valence-electron chi connectivity index (χ0n) is 7.27. The molecule has 2 heterocycles. The lowest BCUT2D eigenvalue weighted by atomic mass is 10.4. The van der Waals surface area contributed by atoms with E-state index in [2.05, 4.69) is 15.4 Å². The molecule has 0 unspecified atom stereocenters. The summed E-state index contributed by atoms with van der Waals surface area (Å²) in [7, 11) is 0. The van der Waals surface area contributed by atoms with Gasteiger partial charge >= 0.3 is 0 Å². The maximum Gasteiger partial charge on any atom is 0.199 e. The van der Waals surface area contributed by atoms with Crippen LogP contribution in [0.4, 0.5) is 11.6 Å². The summed E-state index contributed by atoms with van der Waals surface area (Å²) >= 11 is 0. The molecule has 0 atom stereocenters. The molecule has 0 radical (unpaired) electrons. The number of rotatable bonds is 2. The van der Waals surface area contributed by atoms with Gasteiger partial charge in [-0.2, -0.15) is 0 Å². The fourth-order valence-electron chi connectivity index (χ4n) is 1.06. The van der Waals surface area contributed by atoms with Gasteiger partial charge in [-0.3, -0.25) is 0 Å². The van der Waals surface area contributed by atoms with Gasteiger partial charge < -0.3 is 15.6 Å². The molecule has 2 aromatic rings. The monoisotopic (exact) mass is 191 g/mol. The van der Waals surface area contributed by atoms with Crippen LogP contribution >= 0.6 is 0 Å². The average molecular weight is 191 g/mol. The first-order valence-corrected chi connectivity index (χ1v) is 3.94. The molecule has 0 bridgehead atoms. The second kappa shape index (κ2) is 3.35. The fraction of sp³-hybridized carbons (Fsp3) is 0. The van der Waals surface area contributed by atoms with Crippen molar-refractivity contribution in [3.05, 3.63) is 24.5 Å². The summed E-state index contributed by atoms with van der Waals surface area (Å²) in [5.74, 6) is 6.95. The van der Waals surface area contributed by atoms with Crippen LogP contribution in [0.3, 0.4) is 0 Å². The normalized spacial score (nSPS) is 10.1. The van der Waals surface area contributed by atoms with Crippen molar-refractivity contribution in [2.45, 2.75) is 0 Å². The van der Waals surface area contributed by atoms with Gasteiger partial charge in [0.1, 0.15) is 11.6 Å². The van der Waals surface area contributed by atoms with Crippen LogP contribution in [0, 0.1) is 0 Å². The highest BCUT2D eigenvalue weighted by Crippen LogP contribution is 2.18. The van der Waals surface area contributed by atoms with Gasteiger partial charge in [0, 0.05) is 6.07 Å². The molecule has 0 saturated carbocycles. The molecule has 6 nitrogen and oxygen atoms in total. The van der Waals surface area contributed by atoms with Crippen molar-refractivity contribution >= 4 is 11.6 Å². The van der Waals surface area contributed by atoms with Crippen LogP contribution in [-0.2, 0) is 0 Å². The summed E-state index contributed by atoms with van der Waals surface area (Å²) < 4.78 is 5.12. The van der Waals surface area contributed by atoms with Crippen LogP contribution in [0.2, 0.25) is 0 Å². The van der Waals surface area contributed by atoms with E-state index in [1.165, 1.54) is 12.3 Å². The molecule has 0 fully saturated rings. The lowest BCUT2D eigenvalue weighted by Crippen LogP contribution is -2.10. The molecule has 0 saturated heterocycles. The Balaban J connectivity index is 2.48.